The van der Waals surface area contributed by atoms with Gasteiger partial charge in [-0.05, 0) is 68.7 Å². The molecular weight excluding hydrogens is 474 g/mol. The number of ether oxygens (including phenoxy) is 1. The largest absolute Gasteiger partial charge is 0.494 e. The highest BCUT2D eigenvalue weighted by Crippen LogP contribution is 2.45. The highest BCUT2D eigenvalue weighted by molar-refractivity contribution is 7.80. The molecule has 2 aromatic heterocycles. The standard InChI is InChI=1S/C27H31N5O3S/c1-17-15-21(18(2)30(17)23-13-12-20(32(33)34)16-24(23)35-3)26-25(22-11-7-8-14-28-22)29-27(36)31(26)19-9-5-4-6-10-19/h7-8,11-16,19,25-26H,4-6,9-10H2,1-3H3,(H,29,36)/t25-,26-/m0/s1. The molecule has 1 N–H and O–H groups in total. The van der Waals surface area contributed by atoms with Crippen LogP contribution in [0.5, 0.6) is 5.75 Å². The van der Waals surface area contributed by atoms with Gasteiger partial charge in [-0.3, -0.25) is 15.1 Å². The Hall–Kier alpha value is -3.46. The summed E-state index contributed by atoms with van der Waals surface area (Å²) < 4.78 is 7.70. The minimum Gasteiger partial charge on any atom is -0.494 e. The number of thiocarbonyl (C=S) groups is 1. The van der Waals surface area contributed by atoms with E-state index in [9.17, 15) is 10.1 Å². The van der Waals surface area contributed by atoms with Crippen LogP contribution < -0.4 is 10.1 Å². The van der Waals surface area contributed by atoms with Crippen LogP contribution in [0, 0.1) is 24.0 Å². The number of nitro groups is 1. The van der Waals surface area contributed by atoms with E-state index in [0.717, 1.165) is 40.7 Å². The molecule has 1 aliphatic carbocycles. The number of nitro benzene ring substituents is 1. The Labute approximate surface area is 216 Å². The third-order valence-electron chi connectivity index (χ3n) is 7.51. The lowest BCUT2D eigenvalue weighted by atomic mass is 9.90. The fraction of sp³-hybridized carbons (Fsp3) is 0.407. The van der Waals surface area contributed by atoms with Gasteiger partial charge in [0, 0.05) is 29.7 Å². The summed E-state index contributed by atoms with van der Waals surface area (Å²) in [6.45, 7) is 4.15. The van der Waals surface area contributed by atoms with Crippen molar-refractivity contribution < 1.29 is 9.66 Å². The van der Waals surface area contributed by atoms with Crippen LogP contribution in [0.15, 0.2) is 48.7 Å². The smallest absolute Gasteiger partial charge is 0.273 e. The van der Waals surface area contributed by atoms with Crippen molar-refractivity contribution in [3.05, 3.63) is 81.4 Å². The summed E-state index contributed by atoms with van der Waals surface area (Å²) in [6.07, 6.45) is 7.77. The number of hydrogen-bond acceptors (Lipinski definition) is 5. The fourth-order valence-corrected chi connectivity index (χ4v) is 6.26. The number of hydrogen-bond donors (Lipinski definition) is 1. The molecule has 9 heteroatoms. The zero-order chi connectivity index (χ0) is 25.4. The first-order valence-electron chi connectivity index (χ1n) is 12.4. The molecule has 1 saturated carbocycles. The molecule has 0 unspecified atom stereocenters. The molecule has 3 aromatic rings. The Kier molecular flexibility index (Phi) is 6.66. The number of rotatable bonds is 6. The summed E-state index contributed by atoms with van der Waals surface area (Å²) in [5.41, 5.74) is 4.98. The Morgan fingerprint density at radius 3 is 2.58 bits per heavy atom. The van der Waals surface area contributed by atoms with E-state index < -0.39 is 4.92 Å². The molecule has 0 radical (unpaired) electrons. The quantitative estimate of drug-likeness (QED) is 0.261. The van der Waals surface area contributed by atoms with E-state index in [-0.39, 0.29) is 17.8 Å². The second-order valence-electron chi connectivity index (χ2n) is 9.60. The molecule has 2 aliphatic rings. The van der Waals surface area contributed by atoms with Gasteiger partial charge in [-0.25, -0.2) is 0 Å². The number of aryl methyl sites for hydroxylation is 1. The predicted octanol–water partition coefficient (Wildman–Crippen LogP) is 5.71. The SMILES string of the molecule is COc1cc([N+](=O)[O-])ccc1-n1c(C)cc([C@H]2[C@H](c3ccccn3)NC(=S)N2C2CCCCC2)c1C. The summed E-state index contributed by atoms with van der Waals surface area (Å²) in [6, 6.07) is 13.3. The Morgan fingerprint density at radius 2 is 1.92 bits per heavy atom. The van der Waals surface area contributed by atoms with Gasteiger partial charge in [0.15, 0.2) is 5.11 Å². The van der Waals surface area contributed by atoms with Gasteiger partial charge in [-0.1, -0.05) is 25.3 Å². The van der Waals surface area contributed by atoms with E-state index in [0.29, 0.717) is 11.8 Å². The molecule has 2 atom stereocenters. The van der Waals surface area contributed by atoms with E-state index in [4.69, 9.17) is 17.0 Å². The zero-order valence-corrected chi connectivity index (χ0v) is 21.6. The van der Waals surface area contributed by atoms with E-state index in [1.54, 1.807) is 13.2 Å². The normalized spacial score (nSPS) is 20.4. The molecule has 36 heavy (non-hydrogen) atoms. The minimum absolute atomic E-state index is 0.00215. The van der Waals surface area contributed by atoms with Crippen LogP contribution in [0.3, 0.4) is 0 Å². The number of pyridine rings is 1. The van der Waals surface area contributed by atoms with Crippen molar-refractivity contribution in [1.29, 1.82) is 0 Å². The number of nitrogens with zero attached hydrogens (tertiary/aromatic N) is 4. The number of nitrogens with one attached hydrogen (secondary N) is 1. The summed E-state index contributed by atoms with van der Waals surface area (Å²) in [5.74, 6) is 0.461. The van der Waals surface area contributed by atoms with E-state index >= 15 is 0 Å². The first-order chi connectivity index (χ1) is 17.4. The van der Waals surface area contributed by atoms with Crippen LogP contribution in [0.25, 0.3) is 5.69 Å². The molecule has 1 saturated heterocycles. The summed E-state index contributed by atoms with van der Waals surface area (Å²) in [5, 5.41) is 15.7. The van der Waals surface area contributed by atoms with Crippen LogP contribution in [-0.4, -0.2) is 37.6 Å². The molecule has 1 aliphatic heterocycles. The van der Waals surface area contributed by atoms with E-state index in [1.165, 1.54) is 37.0 Å². The van der Waals surface area contributed by atoms with Crippen molar-refractivity contribution in [3.63, 3.8) is 0 Å². The summed E-state index contributed by atoms with van der Waals surface area (Å²) in [4.78, 5) is 18.0. The van der Waals surface area contributed by atoms with Gasteiger partial charge in [0.25, 0.3) is 5.69 Å². The van der Waals surface area contributed by atoms with Crippen LogP contribution in [-0.2, 0) is 0 Å². The maximum atomic E-state index is 11.3. The Morgan fingerprint density at radius 1 is 1.14 bits per heavy atom. The third kappa shape index (κ3) is 4.21. The molecule has 8 nitrogen and oxygen atoms in total. The molecule has 0 amide bonds. The minimum atomic E-state index is -0.405. The first kappa shape index (κ1) is 24.2. The van der Waals surface area contributed by atoms with Crippen molar-refractivity contribution in [2.45, 2.75) is 64.1 Å². The van der Waals surface area contributed by atoms with Gasteiger partial charge in [-0.15, -0.1) is 0 Å². The highest BCUT2D eigenvalue weighted by atomic mass is 32.1. The second-order valence-corrected chi connectivity index (χ2v) is 9.99. The van der Waals surface area contributed by atoms with Gasteiger partial charge in [0.1, 0.15) is 5.75 Å². The van der Waals surface area contributed by atoms with Gasteiger partial charge in [0.2, 0.25) is 0 Å². The molecule has 3 heterocycles. The molecule has 2 fully saturated rings. The Bertz CT molecular complexity index is 1290. The molecular formula is C27H31N5O3S. The Balaban J connectivity index is 1.63. The maximum absolute atomic E-state index is 11.3. The average molecular weight is 506 g/mol. The van der Waals surface area contributed by atoms with Crippen LogP contribution >= 0.6 is 12.2 Å². The van der Waals surface area contributed by atoms with Crippen molar-refractivity contribution >= 4 is 23.0 Å². The van der Waals surface area contributed by atoms with Crippen molar-refractivity contribution in [2.75, 3.05) is 7.11 Å². The van der Waals surface area contributed by atoms with Gasteiger partial charge in [-0.2, -0.15) is 0 Å². The second kappa shape index (κ2) is 9.89. The lowest BCUT2D eigenvalue weighted by Crippen LogP contribution is -2.40. The monoisotopic (exact) mass is 505 g/mol. The number of methoxy groups -OCH3 is 1. The van der Waals surface area contributed by atoms with Crippen LogP contribution in [0.4, 0.5) is 5.69 Å². The third-order valence-corrected chi connectivity index (χ3v) is 7.84. The van der Waals surface area contributed by atoms with Gasteiger partial charge < -0.3 is 19.5 Å². The maximum Gasteiger partial charge on any atom is 0.273 e. The first-order valence-corrected chi connectivity index (χ1v) is 12.8. The van der Waals surface area contributed by atoms with E-state index in [1.807, 2.05) is 18.3 Å². The van der Waals surface area contributed by atoms with Gasteiger partial charge in [0.05, 0.1) is 41.6 Å². The molecule has 0 spiro atoms. The molecule has 188 valence electrons. The van der Waals surface area contributed by atoms with Crippen LogP contribution in [0.2, 0.25) is 0 Å². The lowest BCUT2D eigenvalue weighted by Gasteiger charge is -2.37. The molecule has 1 aromatic carbocycles. The lowest BCUT2D eigenvalue weighted by molar-refractivity contribution is -0.384. The summed E-state index contributed by atoms with van der Waals surface area (Å²) in [7, 11) is 1.54. The van der Waals surface area contributed by atoms with Gasteiger partial charge >= 0.3 is 0 Å². The van der Waals surface area contributed by atoms with Crippen molar-refractivity contribution in [1.82, 2.24) is 19.8 Å². The molecule has 5 rings (SSSR count). The van der Waals surface area contributed by atoms with Crippen LogP contribution in [0.1, 0.15) is 66.8 Å². The topological polar surface area (TPSA) is 85.5 Å². The van der Waals surface area contributed by atoms with Crippen molar-refractivity contribution in [3.8, 4) is 11.4 Å². The number of benzene rings is 1. The predicted molar refractivity (Wildman–Crippen MR) is 143 cm³/mol. The van der Waals surface area contributed by atoms with Crippen molar-refractivity contribution in [2.24, 2.45) is 0 Å². The zero-order valence-electron chi connectivity index (χ0n) is 20.8. The average Bonchev–Trinajstić information content (AvgIpc) is 3.39. The number of non-ortho nitro benzene ring substituents is 1. The molecule has 0 bridgehead atoms. The number of aromatic nitrogens is 2. The highest BCUT2D eigenvalue weighted by Gasteiger charge is 2.44. The van der Waals surface area contributed by atoms with E-state index in [2.05, 4.69) is 45.7 Å². The fourth-order valence-electron chi connectivity index (χ4n) is 5.87. The summed E-state index contributed by atoms with van der Waals surface area (Å²) >= 11 is 5.93.